The Hall–Kier alpha value is -0.330. The normalized spacial score (nSPS) is 25.0. The molecule has 0 spiro atoms. The maximum absolute atomic E-state index is 11.2. The Labute approximate surface area is 141 Å². The lowest BCUT2D eigenvalue weighted by molar-refractivity contribution is -0.168. The summed E-state index contributed by atoms with van der Waals surface area (Å²) >= 11 is 15.5. The molecule has 0 radical (unpaired) electrons. The van der Waals surface area contributed by atoms with Crippen molar-refractivity contribution in [1.29, 1.82) is 0 Å². The molecule has 0 saturated carbocycles. The minimum atomic E-state index is -0.995. The van der Waals surface area contributed by atoms with Crippen molar-refractivity contribution in [1.82, 2.24) is 0 Å². The van der Waals surface area contributed by atoms with Gasteiger partial charge >= 0.3 is 5.97 Å². The minimum absolute atomic E-state index is 0.159. The molecular formula is C14H15BrCl2O4. The number of esters is 1. The van der Waals surface area contributed by atoms with E-state index in [2.05, 4.69) is 15.9 Å². The van der Waals surface area contributed by atoms with Crippen LogP contribution in [0.2, 0.25) is 10.0 Å². The van der Waals surface area contributed by atoms with Crippen molar-refractivity contribution in [2.24, 2.45) is 0 Å². The number of benzene rings is 1. The van der Waals surface area contributed by atoms with E-state index in [-0.39, 0.29) is 18.7 Å². The maximum Gasteiger partial charge on any atom is 0.305 e. The maximum atomic E-state index is 11.2. The average molecular weight is 398 g/mol. The zero-order chi connectivity index (χ0) is 15.5. The van der Waals surface area contributed by atoms with E-state index in [1.54, 1.807) is 25.1 Å². The van der Waals surface area contributed by atoms with Crippen molar-refractivity contribution in [3.05, 3.63) is 33.8 Å². The van der Waals surface area contributed by atoms with Crippen molar-refractivity contribution in [2.75, 3.05) is 18.5 Å². The van der Waals surface area contributed by atoms with E-state index in [1.165, 1.54) is 0 Å². The second-order valence-electron chi connectivity index (χ2n) is 4.60. The molecule has 0 amide bonds. The van der Waals surface area contributed by atoms with Crippen LogP contribution in [0.5, 0.6) is 0 Å². The van der Waals surface area contributed by atoms with Crippen LogP contribution >= 0.6 is 39.1 Å². The zero-order valence-corrected chi connectivity index (χ0v) is 14.5. The SMILES string of the molecule is CCC(=O)OC[C@H]1CO[C@](CBr)(c2ccc(Cl)cc2Cl)O1. The van der Waals surface area contributed by atoms with Gasteiger partial charge in [0.15, 0.2) is 0 Å². The highest BCUT2D eigenvalue weighted by Crippen LogP contribution is 2.40. The molecule has 4 nitrogen and oxygen atoms in total. The number of alkyl halides is 1. The second-order valence-corrected chi connectivity index (χ2v) is 6.00. The molecule has 0 aliphatic carbocycles. The van der Waals surface area contributed by atoms with Crippen LogP contribution in [0, 0.1) is 0 Å². The summed E-state index contributed by atoms with van der Waals surface area (Å²) in [6.07, 6.45) is 0.00462. The van der Waals surface area contributed by atoms with E-state index in [0.717, 1.165) is 0 Å². The molecule has 1 fully saturated rings. The van der Waals surface area contributed by atoms with Crippen LogP contribution in [0.15, 0.2) is 18.2 Å². The van der Waals surface area contributed by atoms with Gasteiger partial charge in [0.1, 0.15) is 12.7 Å². The van der Waals surface area contributed by atoms with Crippen LogP contribution in [0.3, 0.4) is 0 Å². The van der Waals surface area contributed by atoms with Gasteiger partial charge in [-0.2, -0.15) is 0 Å². The first-order chi connectivity index (χ1) is 10.0. The van der Waals surface area contributed by atoms with Crippen LogP contribution in [-0.4, -0.2) is 30.6 Å². The third-order valence-corrected chi connectivity index (χ3v) is 4.38. The van der Waals surface area contributed by atoms with Crippen LogP contribution in [0.25, 0.3) is 0 Å². The van der Waals surface area contributed by atoms with Gasteiger partial charge in [-0.15, -0.1) is 0 Å². The summed E-state index contributed by atoms with van der Waals surface area (Å²) in [4.78, 5) is 11.2. The lowest BCUT2D eigenvalue weighted by Crippen LogP contribution is -2.31. The fraction of sp³-hybridized carbons (Fsp3) is 0.500. The van der Waals surface area contributed by atoms with E-state index < -0.39 is 5.79 Å². The highest BCUT2D eigenvalue weighted by atomic mass is 79.9. The Morgan fingerprint density at radius 2 is 2.29 bits per heavy atom. The highest BCUT2D eigenvalue weighted by Gasteiger charge is 2.44. The van der Waals surface area contributed by atoms with E-state index >= 15 is 0 Å². The molecule has 0 aromatic heterocycles. The molecule has 0 N–H and O–H groups in total. The van der Waals surface area contributed by atoms with E-state index in [1.807, 2.05) is 0 Å². The van der Waals surface area contributed by atoms with Gasteiger partial charge in [-0.1, -0.05) is 52.1 Å². The van der Waals surface area contributed by atoms with E-state index in [4.69, 9.17) is 37.4 Å². The molecule has 1 aliphatic heterocycles. The van der Waals surface area contributed by atoms with E-state index in [0.29, 0.717) is 34.0 Å². The molecule has 1 aromatic carbocycles. The zero-order valence-electron chi connectivity index (χ0n) is 11.4. The molecule has 0 unspecified atom stereocenters. The summed E-state index contributed by atoms with van der Waals surface area (Å²) < 4.78 is 16.8. The van der Waals surface area contributed by atoms with Gasteiger partial charge < -0.3 is 14.2 Å². The summed E-state index contributed by atoms with van der Waals surface area (Å²) in [6, 6.07) is 5.14. The van der Waals surface area contributed by atoms with Gasteiger partial charge in [-0.05, 0) is 12.1 Å². The number of hydrogen-bond acceptors (Lipinski definition) is 4. The van der Waals surface area contributed by atoms with Gasteiger partial charge in [-0.25, -0.2) is 0 Å². The van der Waals surface area contributed by atoms with Crippen LogP contribution < -0.4 is 0 Å². The fourth-order valence-corrected chi connectivity index (χ4v) is 3.17. The summed E-state index contributed by atoms with van der Waals surface area (Å²) in [6.45, 7) is 2.22. The largest absolute Gasteiger partial charge is 0.463 e. The Balaban J connectivity index is 2.11. The predicted octanol–water partition coefficient (Wildman–Crippen LogP) is 3.91. The summed E-state index contributed by atoms with van der Waals surface area (Å²) in [5.41, 5.74) is 0.690. The number of ether oxygens (including phenoxy) is 3. The molecule has 1 aromatic rings. The molecule has 2 rings (SSSR count). The Bertz CT molecular complexity index is 526. The monoisotopic (exact) mass is 396 g/mol. The highest BCUT2D eigenvalue weighted by molar-refractivity contribution is 9.09. The third-order valence-electron chi connectivity index (χ3n) is 3.10. The van der Waals surface area contributed by atoms with Gasteiger partial charge in [0.25, 0.3) is 0 Å². The van der Waals surface area contributed by atoms with Crippen LogP contribution in [0.1, 0.15) is 18.9 Å². The number of halogens is 3. The average Bonchev–Trinajstić information content (AvgIpc) is 2.89. The molecule has 1 heterocycles. The molecule has 116 valence electrons. The standard InChI is InChI=1S/C14H15BrCl2O4/c1-2-13(18)19-6-10-7-20-14(8-15,21-10)11-4-3-9(16)5-12(11)17/h3-5,10H,2,6-8H2,1H3/t10-,14-/m0/s1. The smallest absolute Gasteiger partial charge is 0.305 e. The molecule has 0 bridgehead atoms. The first-order valence-electron chi connectivity index (χ1n) is 6.49. The van der Waals surface area contributed by atoms with Gasteiger partial charge in [0.05, 0.1) is 17.0 Å². The van der Waals surface area contributed by atoms with Gasteiger partial charge in [0, 0.05) is 17.0 Å². The first-order valence-corrected chi connectivity index (χ1v) is 8.37. The summed E-state index contributed by atoms with van der Waals surface area (Å²) in [5, 5.41) is 1.41. The predicted molar refractivity (Wildman–Crippen MR) is 84.0 cm³/mol. The quantitative estimate of drug-likeness (QED) is 0.558. The minimum Gasteiger partial charge on any atom is -0.463 e. The molecular weight excluding hydrogens is 383 g/mol. The number of carbonyl (C=O) groups is 1. The molecule has 1 aliphatic rings. The lowest BCUT2D eigenvalue weighted by Gasteiger charge is -2.27. The second kappa shape index (κ2) is 7.29. The van der Waals surface area contributed by atoms with Crippen LogP contribution in [-0.2, 0) is 24.8 Å². The van der Waals surface area contributed by atoms with Crippen molar-refractivity contribution in [2.45, 2.75) is 25.2 Å². The lowest BCUT2D eigenvalue weighted by atomic mass is 10.1. The van der Waals surface area contributed by atoms with Crippen molar-refractivity contribution < 1.29 is 19.0 Å². The number of carbonyl (C=O) groups excluding carboxylic acids is 1. The third kappa shape index (κ3) is 3.90. The Morgan fingerprint density at radius 3 is 2.90 bits per heavy atom. The topological polar surface area (TPSA) is 44.8 Å². The van der Waals surface area contributed by atoms with Gasteiger partial charge in [0.2, 0.25) is 5.79 Å². The number of rotatable bonds is 5. The van der Waals surface area contributed by atoms with Crippen molar-refractivity contribution in [3.63, 3.8) is 0 Å². The number of hydrogen-bond donors (Lipinski definition) is 0. The summed E-state index contributed by atoms with van der Waals surface area (Å²) in [5.74, 6) is -1.26. The Kier molecular flexibility index (Phi) is 5.91. The molecule has 7 heteroatoms. The van der Waals surface area contributed by atoms with Crippen molar-refractivity contribution >= 4 is 45.1 Å². The van der Waals surface area contributed by atoms with Crippen molar-refractivity contribution in [3.8, 4) is 0 Å². The molecule has 1 saturated heterocycles. The first kappa shape index (κ1) is 17.0. The van der Waals surface area contributed by atoms with Crippen LogP contribution in [0.4, 0.5) is 0 Å². The molecule has 2 atom stereocenters. The molecule has 21 heavy (non-hydrogen) atoms. The van der Waals surface area contributed by atoms with Gasteiger partial charge in [-0.3, -0.25) is 4.79 Å². The fourth-order valence-electron chi connectivity index (χ4n) is 2.02. The summed E-state index contributed by atoms with van der Waals surface area (Å²) in [7, 11) is 0. The Morgan fingerprint density at radius 1 is 1.52 bits per heavy atom. The van der Waals surface area contributed by atoms with E-state index in [9.17, 15) is 4.79 Å².